The summed E-state index contributed by atoms with van der Waals surface area (Å²) in [4.78, 5) is 24.2. The average Bonchev–Trinajstić information content (AvgIpc) is 2.94. The van der Waals surface area contributed by atoms with Crippen molar-refractivity contribution in [3.63, 3.8) is 0 Å². The lowest BCUT2D eigenvalue weighted by molar-refractivity contribution is -0.383. The molecule has 38 heavy (non-hydrogen) atoms. The van der Waals surface area contributed by atoms with Gasteiger partial charge in [-0.25, -0.2) is 18.4 Å². The Balaban J connectivity index is 1.51. The van der Waals surface area contributed by atoms with Crippen LogP contribution in [0.4, 0.5) is 28.7 Å². The summed E-state index contributed by atoms with van der Waals surface area (Å²) in [6, 6.07) is 13.9. The number of nitrogens with zero attached hydrogens (tertiary/aromatic N) is 6. The maximum Gasteiger partial charge on any atom is 0.353 e. The van der Waals surface area contributed by atoms with Crippen LogP contribution in [-0.4, -0.2) is 74.0 Å². The Bertz CT molecular complexity index is 1360. The Morgan fingerprint density at radius 3 is 2.13 bits per heavy atom. The molecule has 1 N–H and O–H groups in total. The van der Waals surface area contributed by atoms with Crippen LogP contribution in [0.5, 0.6) is 5.75 Å². The van der Waals surface area contributed by atoms with E-state index in [0.717, 1.165) is 11.4 Å². The number of nitro groups is 1. The van der Waals surface area contributed by atoms with Gasteiger partial charge in [0.2, 0.25) is 21.7 Å². The summed E-state index contributed by atoms with van der Waals surface area (Å²) in [5.41, 5.74) is 1.29. The third-order valence-corrected chi connectivity index (χ3v) is 8.53. The molecule has 2 aromatic carbocycles. The summed E-state index contributed by atoms with van der Waals surface area (Å²) in [6.45, 7) is 6.70. The second-order valence-corrected chi connectivity index (χ2v) is 10.5. The Kier molecular flexibility index (Phi) is 8.27. The third-order valence-electron chi connectivity index (χ3n) is 6.46. The summed E-state index contributed by atoms with van der Waals surface area (Å²) in [5.74, 6) is 1.06. The molecule has 2 heterocycles. The fourth-order valence-corrected chi connectivity index (χ4v) is 5.85. The first-order chi connectivity index (χ1) is 18.3. The van der Waals surface area contributed by atoms with Gasteiger partial charge in [-0.2, -0.15) is 4.31 Å². The van der Waals surface area contributed by atoms with Crippen molar-refractivity contribution in [1.82, 2.24) is 14.3 Å². The molecule has 0 aliphatic carbocycles. The number of piperazine rings is 1. The first-order valence-electron chi connectivity index (χ1n) is 12.3. The molecule has 0 amide bonds. The van der Waals surface area contributed by atoms with E-state index >= 15 is 0 Å². The van der Waals surface area contributed by atoms with Crippen LogP contribution >= 0.6 is 0 Å². The summed E-state index contributed by atoms with van der Waals surface area (Å²) in [6.07, 6.45) is 1.29. The van der Waals surface area contributed by atoms with Gasteiger partial charge in [0.05, 0.1) is 16.9 Å². The minimum atomic E-state index is -3.61. The molecule has 0 unspecified atom stereocenters. The predicted octanol–water partition coefficient (Wildman–Crippen LogP) is 3.49. The van der Waals surface area contributed by atoms with Gasteiger partial charge in [-0.15, -0.1) is 0 Å². The largest absolute Gasteiger partial charge is 0.497 e. The SMILES string of the molecule is CCN(CC)S(=O)(=O)c1ccc(Nc2ncnc(N3CCN(c4ccc(OC)cc4)CC3)c2[N+](=O)[O-])cc1. The number of ether oxygens (including phenoxy) is 1. The molecule has 1 aliphatic rings. The van der Waals surface area contributed by atoms with E-state index in [-0.39, 0.29) is 22.2 Å². The van der Waals surface area contributed by atoms with Crippen molar-refractivity contribution in [2.45, 2.75) is 18.7 Å². The molecule has 0 atom stereocenters. The van der Waals surface area contributed by atoms with Gasteiger partial charge < -0.3 is 19.9 Å². The van der Waals surface area contributed by atoms with Gasteiger partial charge in [0, 0.05) is 50.6 Å². The molecule has 3 aromatic rings. The number of benzene rings is 2. The van der Waals surface area contributed by atoms with Crippen molar-refractivity contribution in [2.75, 3.05) is 61.5 Å². The van der Waals surface area contributed by atoms with E-state index in [2.05, 4.69) is 20.2 Å². The second kappa shape index (κ2) is 11.6. The number of methoxy groups -OCH3 is 1. The van der Waals surface area contributed by atoms with Gasteiger partial charge in [0.1, 0.15) is 12.1 Å². The monoisotopic (exact) mass is 541 g/mol. The molecule has 4 rings (SSSR count). The third kappa shape index (κ3) is 5.63. The predicted molar refractivity (Wildman–Crippen MR) is 146 cm³/mol. The van der Waals surface area contributed by atoms with Gasteiger partial charge in [0.15, 0.2) is 0 Å². The maximum atomic E-state index is 12.8. The van der Waals surface area contributed by atoms with Crippen LogP contribution in [-0.2, 0) is 10.0 Å². The highest BCUT2D eigenvalue weighted by Crippen LogP contribution is 2.34. The van der Waals surface area contributed by atoms with E-state index in [1.54, 1.807) is 33.1 Å². The van der Waals surface area contributed by atoms with Gasteiger partial charge in [-0.3, -0.25) is 10.1 Å². The van der Waals surface area contributed by atoms with Crippen molar-refractivity contribution < 1.29 is 18.1 Å². The quantitative estimate of drug-likeness (QED) is 0.300. The Morgan fingerprint density at radius 2 is 1.58 bits per heavy atom. The molecule has 13 heteroatoms. The summed E-state index contributed by atoms with van der Waals surface area (Å²) in [7, 11) is -1.98. The van der Waals surface area contributed by atoms with Crippen molar-refractivity contribution in [2.24, 2.45) is 0 Å². The van der Waals surface area contributed by atoms with Crippen LogP contribution < -0.4 is 19.9 Å². The van der Waals surface area contributed by atoms with Crippen molar-refractivity contribution in [3.8, 4) is 5.75 Å². The fraction of sp³-hybridized carbons (Fsp3) is 0.360. The van der Waals surface area contributed by atoms with E-state index in [9.17, 15) is 18.5 Å². The number of rotatable bonds is 10. The van der Waals surface area contributed by atoms with E-state index in [1.807, 2.05) is 29.2 Å². The minimum absolute atomic E-state index is 0.0388. The van der Waals surface area contributed by atoms with Gasteiger partial charge in [0.25, 0.3) is 0 Å². The highest BCUT2D eigenvalue weighted by Gasteiger charge is 2.30. The van der Waals surface area contributed by atoms with Crippen LogP contribution in [0.1, 0.15) is 13.8 Å². The maximum absolute atomic E-state index is 12.8. The lowest BCUT2D eigenvalue weighted by atomic mass is 10.2. The number of sulfonamides is 1. The van der Waals surface area contributed by atoms with E-state index in [1.165, 1.54) is 22.8 Å². The number of anilines is 4. The highest BCUT2D eigenvalue weighted by atomic mass is 32.2. The topological polar surface area (TPSA) is 134 Å². The number of nitrogens with one attached hydrogen (secondary N) is 1. The molecule has 1 fully saturated rings. The van der Waals surface area contributed by atoms with Crippen LogP contribution in [0.15, 0.2) is 59.8 Å². The Labute approximate surface area is 222 Å². The molecule has 0 bridgehead atoms. The van der Waals surface area contributed by atoms with Gasteiger partial charge >= 0.3 is 5.69 Å². The lowest BCUT2D eigenvalue weighted by Crippen LogP contribution is -2.47. The standard InChI is InChI=1S/C25H31N7O5S/c1-4-31(5-2)38(35,36)22-12-6-19(7-13-22)28-24-23(32(33)34)25(27-18-26-24)30-16-14-29(15-17-30)20-8-10-21(37-3)11-9-20/h6-13,18H,4-5,14-17H2,1-3H3,(H,26,27,28). The zero-order chi connectivity index (χ0) is 27.3. The average molecular weight is 542 g/mol. The normalized spacial score (nSPS) is 14.0. The summed E-state index contributed by atoms with van der Waals surface area (Å²) in [5, 5.41) is 15.1. The Morgan fingerprint density at radius 1 is 0.974 bits per heavy atom. The molecule has 1 saturated heterocycles. The molecule has 1 aromatic heterocycles. The first kappa shape index (κ1) is 27.1. The molecule has 0 radical (unpaired) electrons. The van der Waals surface area contributed by atoms with Gasteiger partial charge in [-0.05, 0) is 48.5 Å². The van der Waals surface area contributed by atoms with Crippen LogP contribution in [0.25, 0.3) is 0 Å². The zero-order valence-corrected chi connectivity index (χ0v) is 22.4. The van der Waals surface area contributed by atoms with Crippen LogP contribution in [0.2, 0.25) is 0 Å². The van der Waals surface area contributed by atoms with Crippen molar-refractivity contribution in [1.29, 1.82) is 0 Å². The number of aromatic nitrogens is 2. The van der Waals surface area contributed by atoms with E-state index in [0.29, 0.717) is 45.0 Å². The van der Waals surface area contributed by atoms with Crippen molar-refractivity contribution >= 4 is 38.7 Å². The molecule has 1 aliphatic heterocycles. The molecule has 202 valence electrons. The molecule has 0 saturated carbocycles. The summed E-state index contributed by atoms with van der Waals surface area (Å²) >= 11 is 0. The molecule has 12 nitrogen and oxygen atoms in total. The fourth-order valence-electron chi connectivity index (χ4n) is 4.39. The van der Waals surface area contributed by atoms with Gasteiger partial charge in [-0.1, -0.05) is 13.8 Å². The Hall–Kier alpha value is -3.97. The molecular formula is C25H31N7O5S. The van der Waals surface area contributed by atoms with Crippen molar-refractivity contribution in [3.05, 3.63) is 65.0 Å². The van der Waals surface area contributed by atoms with Crippen LogP contribution in [0, 0.1) is 10.1 Å². The van der Waals surface area contributed by atoms with Crippen LogP contribution in [0.3, 0.4) is 0 Å². The molecular weight excluding hydrogens is 510 g/mol. The highest BCUT2D eigenvalue weighted by molar-refractivity contribution is 7.89. The smallest absolute Gasteiger partial charge is 0.353 e. The van der Waals surface area contributed by atoms with E-state index in [4.69, 9.17) is 4.74 Å². The summed E-state index contributed by atoms with van der Waals surface area (Å²) < 4.78 is 32.1. The zero-order valence-electron chi connectivity index (χ0n) is 21.6. The lowest BCUT2D eigenvalue weighted by Gasteiger charge is -2.36. The number of hydrogen-bond acceptors (Lipinski definition) is 10. The number of hydrogen-bond donors (Lipinski definition) is 1. The first-order valence-corrected chi connectivity index (χ1v) is 13.7. The second-order valence-electron chi connectivity index (χ2n) is 8.56. The minimum Gasteiger partial charge on any atom is -0.497 e. The molecule has 0 spiro atoms. The van der Waals surface area contributed by atoms with E-state index < -0.39 is 14.9 Å².